The third kappa shape index (κ3) is 3.44. The molecule has 3 aromatic rings. The zero-order chi connectivity index (χ0) is 20.1. The Morgan fingerprint density at radius 2 is 2.04 bits per heavy atom. The maximum atomic E-state index is 11.3. The Bertz CT molecular complexity index is 1070. The average molecular weight is 402 g/mol. The van der Waals surface area contributed by atoms with Crippen molar-refractivity contribution in [1.29, 1.82) is 0 Å². The molecule has 9 heteroatoms. The van der Waals surface area contributed by atoms with E-state index in [2.05, 4.69) is 40.9 Å². The molecule has 0 bridgehead atoms. The summed E-state index contributed by atoms with van der Waals surface area (Å²) in [7, 11) is -4.68. The van der Waals surface area contributed by atoms with Gasteiger partial charge in [-0.2, -0.15) is 0 Å². The third-order valence-electron chi connectivity index (χ3n) is 5.26. The number of phosphoric acid groups is 1. The Balaban J connectivity index is 1.83. The fourth-order valence-corrected chi connectivity index (χ4v) is 4.48. The van der Waals surface area contributed by atoms with Gasteiger partial charge in [0, 0.05) is 41.7 Å². The number of aromatic nitrogens is 3. The topological polar surface area (TPSA) is 112 Å². The van der Waals surface area contributed by atoms with E-state index in [1.165, 1.54) is 17.3 Å². The van der Waals surface area contributed by atoms with Crippen LogP contribution in [0.5, 0.6) is 5.75 Å². The fraction of sp³-hybridized carbons (Fsp3) is 0.368. The minimum atomic E-state index is -4.68. The van der Waals surface area contributed by atoms with Crippen LogP contribution < -0.4 is 4.52 Å². The number of fused-ring (bicyclic) bond motifs is 3. The summed E-state index contributed by atoms with van der Waals surface area (Å²) in [5, 5.41) is 9.57. The highest BCUT2D eigenvalue weighted by Crippen LogP contribution is 2.42. The van der Waals surface area contributed by atoms with Crippen molar-refractivity contribution >= 4 is 18.9 Å². The van der Waals surface area contributed by atoms with E-state index in [1.807, 2.05) is 6.07 Å². The van der Waals surface area contributed by atoms with Crippen LogP contribution in [0.3, 0.4) is 0 Å². The van der Waals surface area contributed by atoms with Crippen molar-refractivity contribution in [3.63, 3.8) is 0 Å². The first-order chi connectivity index (χ1) is 13.2. The van der Waals surface area contributed by atoms with E-state index in [1.54, 1.807) is 18.2 Å². The quantitative estimate of drug-likeness (QED) is 0.573. The van der Waals surface area contributed by atoms with Gasteiger partial charge < -0.3 is 9.51 Å². The van der Waals surface area contributed by atoms with Crippen LogP contribution >= 0.6 is 7.82 Å². The molecular formula is C19H23N4O4P. The molecule has 0 spiro atoms. The molecule has 148 valence electrons. The number of nitrogens with zero attached hydrogens (tertiary/aromatic N) is 3. The average Bonchev–Trinajstić information content (AvgIpc) is 2.99. The molecule has 1 aliphatic heterocycles. The van der Waals surface area contributed by atoms with E-state index in [0.29, 0.717) is 17.3 Å². The summed E-state index contributed by atoms with van der Waals surface area (Å²) < 4.78 is 16.2. The number of nitrogens with one attached hydrogen (secondary N) is 1. The molecule has 0 fully saturated rings. The van der Waals surface area contributed by atoms with Gasteiger partial charge in [0.1, 0.15) is 5.75 Å². The number of aromatic amines is 1. The number of benzene rings is 1. The maximum absolute atomic E-state index is 11.3. The second-order valence-corrected chi connectivity index (χ2v) is 8.51. The molecule has 2 aromatic heterocycles. The lowest BCUT2D eigenvalue weighted by Gasteiger charge is -2.36. The molecule has 4 rings (SSSR count). The van der Waals surface area contributed by atoms with E-state index in [9.17, 15) is 14.4 Å². The lowest BCUT2D eigenvalue weighted by Crippen LogP contribution is -2.38. The lowest BCUT2D eigenvalue weighted by molar-refractivity contribution is 0.155. The molecule has 0 radical (unpaired) electrons. The Hall–Kier alpha value is -2.25. The van der Waals surface area contributed by atoms with Crippen LogP contribution in [0.4, 0.5) is 0 Å². The summed E-state index contributed by atoms with van der Waals surface area (Å²) in [6.45, 7) is 7.56. The third-order valence-corrected chi connectivity index (χ3v) is 5.69. The minimum Gasteiger partial charge on any atom is -0.404 e. The number of hydrogen-bond acceptors (Lipinski definition) is 5. The molecule has 0 amide bonds. The van der Waals surface area contributed by atoms with Crippen molar-refractivity contribution in [2.75, 3.05) is 6.54 Å². The number of rotatable bonds is 4. The van der Waals surface area contributed by atoms with Crippen LogP contribution in [0, 0.1) is 0 Å². The predicted molar refractivity (Wildman–Crippen MR) is 106 cm³/mol. The number of phosphoric ester groups is 1. The van der Waals surface area contributed by atoms with Gasteiger partial charge in [0.25, 0.3) is 0 Å². The number of H-pyrrole nitrogens is 1. The highest BCUT2D eigenvalue weighted by atomic mass is 31.2. The SMILES string of the molecule is CC(C)N1CCc2[nH]c3nnc(-c4ccccc4OP(=O)(O)O)cc3c2[C@H]1C. The van der Waals surface area contributed by atoms with Crippen molar-refractivity contribution in [1.82, 2.24) is 20.1 Å². The van der Waals surface area contributed by atoms with Crippen LogP contribution in [0.1, 0.15) is 38.1 Å². The van der Waals surface area contributed by atoms with Gasteiger partial charge in [0.2, 0.25) is 0 Å². The van der Waals surface area contributed by atoms with Gasteiger partial charge in [0.15, 0.2) is 5.65 Å². The highest BCUT2D eigenvalue weighted by molar-refractivity contribution is 7.46. The minimum absolute atomic E-state index is 0.0748. The van der Waals surface area contributed by atoms with Crippen molar-refractivity contribution in [3.05, 3.63) is 41.6 Å². The van der Waals surface area contributed by atoms with Gasteiger partial charge >= 0.3 is 7.82 Å². The second-order valence-electron chi connectivity index (χ2n) is 7.34. The molecule has 28 heavy (non-hydrogen) atoms. The molecule has 0 unspecified atom stereocenters. The molecule has 3 heterocycles. The summed E-state index contributed by atoms with van der Waals surface area (Å²) in [4.78, 5) is 24.2. The monoisotopic (exact) mass is 402 g/mol. The second kappa shape index (κ2) is 6.97. The maximum Gasteiger partial charge on any atom is 0.524 e. The van der Waals surface area contributed by atoms with Crippen molar-refractivity contribution in [3.8, 4) is 17.0 Å². The van der Waals surface area contributed by atoms with Crippen molar-refractivity contribution < 1.29 is 18.9 Å². The first kappa shape index (κ1) is 19.1. The van der Waals surface area contributed by atoms with Gasteiger partial charge in [0.05, 0.1) is 5.69 Å². The van der Waals surface area contributed by atoms with Crippen LogP contribution in [0.15, 0.2) is 30.3 Å². The smallest absolute Gasteiger partial charge is 0.404 e. The van der Waals surface area contributed by atoms with Crippen LogP contribution in [-0.2, 0) is 11.0 Å². The number of para-hydroxylation sites is 1. The Morgan fingerprint density at radius 3 is 2.75 bits per heavy atom. The predicted octanol–water partition coefficient (Wildman–Crippen LogP) is 3.42. The van der Waals surface area contributed by atoms with Gasteiger partial charge in [-0.05, 0) is 44.5 Å². The molecule has 1 aromatic carbocycles. The standard InChI is InChI=1S/C19H23N4O4P/c1-11(2)23-9-8-15-18(12(23)3)14-10-16(21-22-19(14)20-15)13-6-4-5-7-17(13)27-28(24,25)26/h4-7,10-12H,8-9H2,1-3H3,(H,20,22)(H2,24,25,26)/t12-/m1/s1. The van der Waals surface area contributed by atoms with Crippen LogP contribution in [0.25, 0.3) is 22.3 Å². The van der Waals surface area contributed by atoms with Gasteiger partial charge in [-0.3, -0.25) is 14.7 Å². The van der Waals surface area contributed by atoms with Crippen LogP contribution in [0.2, 0.25) is 0 Å². The zero-order valence-corrected chi connectivity index (χ0v) is 16.8. The van der Waals surface area contributed by atoms with E-state index < -0.39 is 7.82 Å². The van der Waals surface area contributed by atoms with Gasteiger partial charge in [-0.15, -0.1) is 10.2 Å². The summed E-state index contributed by atoms with van der Waals surface area (Å²) in [6.07, 6.45) is 0.918. The summed E-state index contributed by atoms with van der Waals surface area (Å²) in [6, 6.07) is 9.22. The first-order valence-electron chi connectivity index (χ1n) is 9.23. The van der Waals surface area contributed by atoms with E-state index in [0.717, 1.165) is 24.0 Å². The summed E-state index contributed by atoms with van der Waals surface area (Å²) >= 11 is 0. The Labute approximate surface area is 162 Å². The Morgan fingerprint density at radius 1 is 1.29 bits per heavy atom. The summed E-state index contributed by atoms with van der Waals surface area (Å²) in [5.41, 5.74) is 4.09. The molecule has 1 aliphatic rings. The van der Waals surface area contributed by atoms with Crippen LogP contribution in [-0.4, -0.2) is 42.5 Å². The van der Waals surface area contributed by atoms with Gasteiger partial charge in [-0.1, -0.05) is 12.1 Å². The molecule has 1 atom stereocenters. The largest absolute Gasteiger partial charge is 0.524 e. The first-order valence-corrected chi connectivity index (χ1v) is 10.8. The van der Waals surface area contributed by atoms with E-state index in [-0.39, 0.29) is 11.8 Å². The zero-order valence-electron chi connectivity index (χ0n) is 16.0. The van der Waals surface area contributed by atoms with Crippen molar-refractivity contribution in [2.24, 2.45) is 0 Å². The molecule has 3 N–H and O–H groups in total. The lowest BCUT2D eigenvalue weighted by atomic mass is 9.96. The molecule has 0 saturated carbocycles. The van der Waals surface area contributed by atoms with Gasteiger partial charge in [-0.25, -0.2) is 4.57 Å². The molecular weight excluding hydrogens is 379 g/mol. The summed E-state index contributed by atoms with van der Waals surface area (Å²) in [5.74, 6) is 0.0748. The normalized spacial score (nSPS) is 17.9. The molecule has 8 nitrogen and oxygen atoms in total. The number of hydrogen-bond donors (Lipinski definition) is 3. The highest BCUT2D eigenvalue weighted by Gasteiger charge is 2.30. The van der Waals surface area contributed by atoms with E-state index >= 15 is 0 Å². The van der Waals surface area contributed by atoms with Crippen molar-refractivity contribution in [2.45, 2.75) is 39.3 Å². The molecule has 0 saturated heterocycles. The van der Waals surface area contributed by atoms with E-state index in [4.69, 9.17) is 4.52 Å². The molecule has 0 aliphatic carbocycles. The Kier molecular flexibility index (Phi) is 4.75. The fourth-order valence-electron chi connectivity index (χ4n) is 4.06.